The molecule has 0 radical (unpaired) electrons. The number of hydrogen-bond acceptors (Lipinski definition) is 3. The number of benzene rings is 1. The quantitative estimate of drug-likeness (QED) is 0.877. The van der Waals surface area contributed by atoms with Crippen LogP contribution in [0, 0.1) is 5.82 Å². The van der Waals surface area contributed by atoms with Crippen molar-refractivity contribution in [2.24, 2.45) is 5.73 Å². The molecule has 0 aliphatic heterocycles. The van der Waals surface area contributed by atoms with E-state index in [1.165, 1.54) is 24.3 Å². The molecule has 0 unspecified atom stereocenters. The van der Waals surface area contributed by atoms with Gasteiger partial charge in [-0.15, -0.1) is 0 Å². The molecule has 1 rings (SSSR count). The Morgan fingerprint density at radius 3 is 2.25 bits per heavy atom. The standard InChI is InChI=1S/C11H16FNO2S/c1-3-16(14,15)8(2)11(13)9-4-6-10(12)7-5-9/h4-8,11H,3,13H2,1-2H3/t8-,11+/m1/s1. The molecule has 0 aromatic heterocycles. The van der Waals surface area contributed by atoms with E-state index in [2.05, 4.69) is 0 Å². The molecule has 0 aliphatic rings. The second-order valence-corrected chi connectivity index (χ2v) is 6.38. The lowest BCUT2D eigenvalue weighted by Gasteiger charge is -2.19. The monoisotopic (exact) mass is 245 g/mol. The number of hydrogen-bond donors (Lipinski definition) is 1. The summed E-state index contributed by atoms with van der Waals surface area (Å²) in [4.78, 5) is 0. The average molecular weight is 245 g/mol. The van der Waals surface area contributed by atoms with Gasteiger partial charge >= 0.3 is 0 Å². The maximum absolute atomic E-state index is 12.7. The molecule has 1 aromatic carbocycles. The highest BCUT2D eigenvalue weighted by molar-refractivity contribution is 7.92. The Morgan fingerprint density at radius 2 is 1.81 bits per heavy atom. The largest absolute Gasteiger partial charge is 0.323 e. The Kier molecular flexibility index (Phi) is 4.04. The summed E-state index contributed by atoms with van der Waals surface area (Å²) in [7, 11) is -3.17. The molecular weight excluding hydrogens is 229 g/mol. The topological polar surface area (TPSA) is 60.2 Å². The SMILES string of the molecule is CCS(=O)(=O)[C@H](C)[C@H](N)c1ccc(F)cc1. The number of sulfone groups is 1. The third-order valence-corrected chi connectivity index (χ3v) is 4.96. The Hall–Kier alpha value is -0.940. The molecule has 0 saturated carbocycles. The summed E-state index contributed by atoms with van der Waals surface area (Å²) < 4.78 is 35.9. The number of halogens is 1. The predicted molar refractivity (Wildman–Crippen MR) is 62.3 cm³/mol. The molecule has 2 atom stereocenters. The van der Waals surface area contributed by atoms with E-state index < -0.39 is 21.1 Å². The Bertz CT molecular complexity index is 442. The van der Waals surface area contributed by atoms with Crippen LogP contribution in [-0.2, 0) is 9.84 Å². The smallest absolute Gasteiger partial charge is 0.154 e. The molecule has 16 heavy (non-hydrogen) atoms. The summed E-state index contributed by atoms with van der Waals surface area (Å²) in [5.41, 5.74) is 6.48. The minimum absolute atomic E-state index is 0.0586. The van der Waals surface area contributed by atoms with Crippen molar-refractivity contribution >= 4 is 9.84 Å². The van der Waals surface area contributed by atoms with Crippen LogP contribution in [0.5, 0.6) is 0 Å². The molecule has 0 aliphatic carbocycles. The summed E-state index contributed by atoms with van der Waals surface area (Å²) in [6.45, 7) is 3.16. The Morgan fingerprint density at radius 1 is 1.31 bits per heavy atom. The third kappa shape index (κ3) is 2.80. The molecule has 2 N–H and O–H groups in total. The van der Waals surface area contributed by atoms with Gasteiger partial charge in [0.05, 0.1) is 5.25 Å². The van der Waals surface area contributed by atoms with Crippen molar-refractivity contribution in [2.45, 2.75) is 25.1 Å². The van der Waals surface area contributed by atoms with Crippen molar-refractivity contribution in [3.05, 3.63) is 35.6 Å². The zero-order chi connectivity index (χ0) is 12.3. The maximum Gasteiger partial charge on any atom is 0.154 e. The summed E-state index contributed by atoms with van der Waals surface area (Å²) >= 11 is 0. The number of nitrogens with two attached hydrogens (primary N) is 1. The van der Waals surface area contributed by atoms with Crippen LogP contribution >= 0.6 is 0 Å². The van der Waals surface area contributed by atoms with Gasteiger partial charge in [-0.2, -0.15) is 0 Å². The first-order chi connectivity index (χ1) is 7.38. The van der Waals surface area contributed by atoms with E-state index in [4.69, 9.17) is 5.73 Å². The van der Waals surface area contributed by atoms with E-state index in [0.29, 0.717) is 5.56 Å². The highest BCUT2D eigenvalue weighted by Crippen LogP contribution is 2.20. The van der Waals surface area contributed by atoms with Crippen molar-refractivity contribution < 1.29 is 12.8 Å². The minimum Gasteiger partial charge on any atom is -0.323 e. The van der Waals surface area contributed by atoms with Gasteiger partial charge in [0.1, 0.15) is 5.82 Å². The van der Waals surface area contributed by atoms with Gasteiger partial charge in [0.15, 0.2) is 9.84 Å². The summed E-state index contributed by atoms with van der Waals surface area (Å²) in [5.74, 6) is -0.301. The predicted octanol–water partition coefficient (Wildman–Crippen LogP) is 1.65. The van der Waals surface area contributed by atoms with Crippen molar-refractivity contribution in [3.63, 3.8) is 0 Å². The summed E-state index contributed by atoms with van der Waals surface area (Å²) in [6.07, 6.45) is 0. The fraction of sp³-hybridized carbons (Fsp3) is 0.455. The summed E-state index contributed by atoms with van der Waals surface area (Å²) in [6, 6.07) is 4.97. The highest BCUT2D eigenvalue weighted by Gasteiger charge is 2.26. The van der Waals surface area contributed by atoms with Crippen LogP contribution in [-0.4, -0.2) is 19.4 Å². The van der Waals surface area contributed by atoms with E-state index in [1.54, 1.807) is 13.8 Å². The van der Waals surface area contributed by atoms with Crippen molar-refractivity contribution in [2.75, 3.05) is 5.75 Å². The van der Waals surface area contributed by atoms with Crippen LogP contribution in [0.2, 0.25) is 0 Å². The van der Waals surface area contributed by atoms with Crippen molar-refractivity contribution in [3.8, 4) is 0 Å². The summed E-state index contributed by atoms with van der Waals surface area (Å²) in [5, 5.41) is -0.664. The lowest BCUT2D eigenvalue weighted by Crippen LogP contribution is -2.32. The van der Waals surface area contributed by atoms with Crippen LogP contribution in [0.15, 0.2) is 24.3 Å². The van der Waals surface area contributed by atoms with E-state index >= 15 is 0 Å². The fourth-order valence-corrected chi connectivity index (χ4v) is 2.57. The highest BCUT2D eigenvalue weighted by atomic mass is 32.2. The van der Waals surface area contributed by atoms with Crippen molar-refractivity contribution in [1.29, 1.82) is 0 Å². The van der Waals surface area contributed by atoms with Gasteiger partial charge in [0.25, 0.3) is 0 Å². The molecule has 3 nitrogen and oxygen atoms in total. The molecular formula is C11H16FNO2S. The average Bonchev–Trinajstić information content (AvgIpc) is 2.28. The molecule has 0 spiro atoms. The molecule has 5 heteroatoms. The molecule has 0 heterocycles. The van der Waals surface area contributed by atoms with Gasteiger partial charge in [-0.3, -0.25) is 0 Å². The Labute approximate surface area is 95.4 Å². The first kappa shape index (κ1) is 13.1. The fourth-order valence-electron chi connectivity index (χ4n) is 1.44. The van der Waals surface area contributed by atoms with E-state index in [0.717, 1.165) is 0 Å². The van der Waals surface area contributed by atoms with Gasteiger partial charge in [0.2, 0.25) is 0 Å². The van der Waals surface area contributed by atoms with E-state index in [9.17, 15) is 12.8 Å². The molecule has 0 amide bonds. The van der Waals surface area contributed by atoms with Crippen molar-refractivity contribution in [1.82, 2.24) is 0 Å². The van der Waals surface area contributed by atoms with Gasteiger partial charge in [-0.05, 0) is 24.6 Å². The second kappa shape index (κ2) is 4.93. The normalized spacial score (nSPS) is 15.8. The van der Waals surface area contributed by atoms with E-state index in [1.807, 2.05) is 0 Å². The molecule has 0 fully saturated rings. The Balaban J connectivity index is 2.94. The van der Waals surface area contributed by atoms with Gasteiger partial charge < -0.3 is 5.73 Å². The minimum atomic E-state index is -3.17. The zero-order valence-corrected chi connectivity index (χ0v) is 10.2. The van der Waals surface area contributed by atoms with Crippen LogP contribution in [0.25, 0.3) is 0 Å². The lowest BCUT2D eigenvalue weighted by atomic mass is 10.1. The molecule has 90 valence electrons. The van der Waals surface area contributed by atoms with Crippen LogP contribution < -0.4 is 5.73 Å². The maximum atomic E-state index is 12.7. The van der Waals surface area contributed by atoms with Crippen LogP contribution in [0.1, 0.15) is 25.5 Å². The lowest BCUT2D eigenvalue weighted by molar-refractivity contribution is 0.565. The van der Waals surface area contributed by atoms with Gasteiger partial charge in [-0.25, -0.2) is 12.8 Å². The van der Waals surface area contributed by atoms with Crippen LogP contribution in [0.3, 0.4) is 0 Å². The number of rotatable bonds is 4. The second-order valence-electron chi connectivity index (χ2n) is 3.73. The molecule has 0 saturated heterocycles. The van der Waals surface area contributed by atoms with Gasteiger partial charge in [0, 0.05) is 11.8 Å². The van der Waals surface area contributed by atoms with E-state index in [-0.39, 0.29) is 11.6 Å². The zero-order valence-electron chi connectivity index (χ0n) is 9.35. The van der Waals surface area contributed by atoms with Crippen LogP contribution in [0.4, 0.5) is 4.39 Å². The molecule has 1 aromatic rings. The third-order valence-electron chi connectivity index (χ3n) is 2.73. The first-order valence-corrected chi connectivity index (χ1v) is 6.82. The van der Waals surface area contributed by atoms with Gasteiger partial charge in [-0.1, -0.05) is 19.1 Å². The molecule has 0 bridgehead atoms. The first-order valence-electron chi connectivity index (χ1n) is 5.11.